The van der Waals surface area contributed by atoms with Crippen molar-refractivity contribution in [2.75, 3.05) is 35.8 Å². The molecule has 0 spiro atoms. The van der Waals surface area contributed by atoms with Crippen LogP contribution in [0.1, 0.15) is 41.5 Å². The van der Waals surface area contributed by atoms with Crippen molar-refractivity contribution in [3.8, 4) is 0 Å². The van der Waals surface area contributed by atoms with Gasteiger partial charge in [-0.15, -0.1) is 0 Å². The fraction of sp³-hybridized carbons (Fsp3) is 0.353. The number of carbonyl (C=O) groups excluding carboxylic acids is 3. The Kier molecular flexibility index (Phi) is 9.25. The van der Waals surface area contributed by atoms with Gasteiger partial charge in [-0.05, 0) is 67.6 Å². The summed E-state index contributed by atoms with van der Waals surface area (Å²) in [6.07, 6.45) is 1.49. The molecule has 6 rings (SSSR count). The molecular weight excluding hydrogens is 640 g/mol. The first kappa shape index (κ1) is 32.5. The van der Waals surface area contributed by atoms with Crippen molar-refractivity contribution >= 4 is 56.6 Å². The molecule has 0 aromatic heterocycles. The summed E-state index contributed by atoms with van der Waals surface area (Å²) in [7, 11) is -4.35. The molecule has 3 heterocycles. The van der Waals surface area contributed by atoms with Gasteiger partial charge in [0.2, 0.25) is 17.7 Å². The second kappa shape index (κ2) is 13.4. The number of amides is 3. The average molecular weight is 677 g/mol. The van der Waals surface area contributed by atoms with Gasteiger partial charge in [0.1, 0.15) is 17.9 Å². The van der Waals surface area contributed by atoms with E-state index in [-0.39, 0.29) is 22.9 Å². The minimum atomic E-state index is -4.35. The highest BCUT2D eigenvalue weighted by Crippen LogP contribution is 2.38. The van der Waals surface area contributed by atoms with Crippen LogP contribution in [-0.2, 0) is 30.8 Å². The molecule has 3 amide bonds. The largest absolute Gasteiger partial charge is 0.368 e. The Morgan fingerprint density at radius 2 is 1.77 bits per heavy atom. The number of nitrogens with zero attached hydrogens (tertiary/aromatic N) is 3. The monoisotopic (exact) mass is 676 g/mol. The van der Waals surface area contributed by atoms with E-state index in [0.29, 0.717) is 34.9 Å². The Labute approximate surface area is 279 Å². The van der Waals surface area contributed by atoms with E-state index in [9.17, 15) is 22.8 Å². The first-order valence-corrected chi connectivity index (χ1v) is 17.5. The smallest absolute Gasteiger partial charge is 0.265 e. The number of likely N-dealkylation sites (tertiary alicyclic amines) is 1. The average Bonchev–Trinajstić information content (AvgIpc) is 3.78. The third-order valence-electron chi connectivity index (χ3n) is 8.75. The summed E-state index contributed by atoms with van der Waals surface area (Å²) in [5, 5.41) is 9.28. The van der Waals surface area contributed by atoms with E-state index in [1.165, 1.54) is 6.07 Å². The van der Waals surface area contributed by atoms with E-state index in [0.717, 1.165) is 47.2 Å². The molecule has 3 aliphatic rings. The molecule has 0 bridgehead atoms. The van der Waals surface area contributed by atoms with Gasteiger partial charge in [-0.1, -0.05) is 48.0 Å². The lowest BCUT2D eigenvalue weighted by Crippen LogP contribution is -2.55. The van der Waals surface area contributed by atoms with Gasteiger partial charge in [0, 0.05) is 36.6 Å². The Balaban J connectivity index is 1.28. The number of carbonyl (C=O) groups is 3. The molecule has 0 radical (unpaired) electrons. The number of hydrogen-bond acceptors (Lipinski definition) is 7. The fourth-order valence-corrected chi connectivity index (χ4v) is 8.43. The summed E-state index contributed by atoms with van der Waals surface area (Å²) < 4.78 is 29.7. The molecule has 2 atom stereocenters. The van der Waals surface area contributed by atoms with Crippen LogP contribution in [0, 0.1) is 13.8 Å². The van der Waals surface area contributed by atoms with Gasteiger partial charge >= 0.3 is 0 Å². The van der Waals surface area contributed by atoms with E-state index < -0.39 is 40.3 Å². The van der Waals surface area contributed by atoms with E-state index >= 15 is 0 Å². The number of hydrogen-bond donors (Lipinski definition) is 3. The quantitative estimate of drug-likeness (QED) is 0.317. The van der Waals surface area contributed by atoms with Crippen molar-refractivity contribution in [3.05, 3.63) is 87.9 Å². The molecule has 13 heteroatoms. The lowest BCUT2D eigenvalue weighted by atomic mass is 10.0. The standard InChI is InChI=1S/C34H37ClN6O5S/c1-21-18-30(22(2)17-25(21)35)47(45,46)41-28-8-4-3-7-26(28)39-33(43)29(41)20-31(42)38-27(34(44)40-15-5-6-16-40)19-23-9-11-24(12-10-23)32-36-13-14-37-32/h3-4,7-12,17-18,27,29H,5-6,13-16,19-20H2,1-2H3,(H,36,37)(H,38,42)(H,39,43)/t27-,29+/m0/s1. The first-order valence-electron chi connectivity index (χ1n) is 15.7. The van der Waals surface area contributed by atoms with Gasteiger partial charge in [0.05, 0.1) is 29.2 Å². The minimum absolute atomic E-state index is 0.0152. The lowest BCUT2D eigenvalue weighted by molar-refractivity contribution is -0.135. The molecule has 3 aromatic carbocycles. The molecular formula is C34H37ClN6O5S. The predicted molar refractivity (Wildman–Crippen MR) is 181 cm³/mol. The lowest BCUT2D eigenvalue weighted by Gasteiger charge is -2.37. The van der Waals surface area contributed by atoms with E-state index in [4.69, 9.17) is 11.6 Å². The number of aryl methyl sites for hydroxylation is 2. The van der Waals surface area contributed by atoms with Gasteiger partial charge in [0.15, 0.2) is 0 Å². The third kappa shape index (κ3) is 6.70. The highest BCUT2D eigenvalue weighted by Gasteiger charge is 2.43. The number of aliphatic imine (C=N–C) groups is 1. The molecule has 3 N–H and O–H groups in total. The third-order valence-corrected chi connectivity index (χ3v) is 11.1. The minimum Gasteiger partial charge on any atom is -0.368 e. The van der Waals surface area contributed by atoms with Gasteiger partial charge in [-0.25, -0.2) is 8.42 Å². The van der Waals surface area contributed by atoms with Gasteiger partial charge in [-0.2, -0.15) is 0 Å². The van der Waals surface area contributed by atoms with Crippen LogP contribution in [0.4, 0.5) is 11.4 Å². The van der Waals surface area contributed by atoms with E-state index in [1.807, 2.05) is 24.3 Å². The summed E-state index contributed by atoms with van der Waals surface area (Å²) in [5.74, 6) is -0.651. The summed E-state index contributed by atoms with van der Waals surface area (Å²) in [4.78, 5) is 47.2. The van der Waals surface area contributed by atoms with Crippen LogP contribution in [-0.4, -0.2) is 75.1 Å². The molecule has 1 saturated heterocycles. The predicted octanol–water partition coefficient (Wildman–Crippen LogP) is 3.56. The zero-order valence-corrected chi connectivity index (χ0v) is 27.8. The summed E-state index contributed by atoms with van der Waals surface area (Å²) in [6.45, 7) is 6.05. The molecule has 11 nitrogen and oxygen atoms in total. The number of amidine groups is 1. The van der Waals surface area contributed by atoms with Gasteiger partial charge in [-0.3, -0.25) is 23.7 Å². The summed E-state index contributed by atoms with van der Waals surface area (Å²) in [6, 6.07) is 15.0. The zero-order chi connectivity index (χ0) is 33.3. The molecule has 3 aliphatic heterocycles. The number of anilines is 2. The van der Waals surface area contributed by atoms with Crippen LogP contribution in [0.2, 0.25) is 5.02 Å². The molecule has 0 unspecified atom stereocenters. The Morgan fingerprint density at radius 1 is 1.04 bits per heavy atom. The van der Waals surface area contributed by atoms with Gasteiger partial charge < -0.3 is 20.9 Å². The molecule has 0 saturated carbocycles. The van der Waals surface area contributed by atoms with Crippen molar-refractivity contribution in [2.24, 2.45) is 4.99 Å². The fourth-order valence-electron chi connectivity index (χ4n) is 6.29. The van der Waals surface area contributed by atoms with E-state index in [2.05, 4.69) is 20.9 Å². The summed E-state index contributed by atoms with van der Waals surface area (Å²) in [5.41, 5.74) is 3.29. The van der Waals surface area contributed by atoms with Crippen LogP contribution in [0.5, 0.6) is 0 Å². The number of benzene rings is 3. The van der Waals surface area contributed by atoms with Crippen LogP contribution in [0.3, 0.4) is 0 Å². The number of rotatable bonds is 9. The molecule has 47 heavy (non-hydrogen) atoms. The number of sulfonamides is 1. The second-order valence-corrected chi connectivity index (χ2v) is 14.3. The zero-order valence-electron chi connectivity index (χ0n) is 26.3. The number of nitrogens with one attached hydrogen (secondary N) is 3. The van der Waals surface area contributed by atoms with Gasteiger partial charge in [0.25, 0.3) is 10.0 Å². The molecule has 246 valence electrons. The topological polar surface area (TPSA) is 140 Å². The van der Waals surface area contributed by atoms with Crippen LogP contribution < -0.4 is 20.3 Å². The Bertz CT molecular complexity index is 1860. The van der Waals surface area contributed by atoms with Crippen molar-refractivity contribution in [1.82, 2.24) is 15.5 Å². The van der Waals surface area contributed by atoms with Crippen LogP contribution in [0.25, 0.3) is 0 Å². The maximum absolute atomic E-state index is 14.3. The van der Waals surface area contributed by atoms with E-state index in [1.54, 1.807) is 49.1 Å². The molecule has 0 aliphatic carbocycles. The number of fused-ring (bicyclic) bond motifs is 1. The maximum atomic E-state index is 14.3. The highest BCUT2D eigenvalue weighted by molar-refractivity contribution is 7.93. The Morgan fingerprint density at radius 3 is 2.47 bits per heavy atom. The van der Waals surface area contributed by atoms with Crippen molar-refractivity contribution < 1.29 is 22.8 Å². The molecule has 3 aromatic rings. The van der Waals surface area contributed by atoms with Crippen molar-refractivity contribution in [2.45, 2.75) is 56.5 Å². The SMILES string of the molecule is Cc1cc(S(=O)(=O)N2c3ccccc3NC(=O)[C@H]2CC(=O)N[C@@H](Cc2ccc(C3=NCCN3)cc2)C(=O)N2CCCC2)c(C)cc1Cl. The maximum Gasteiger partial charge on any atom is 0.265 e. The highest BCUT2D eigenvalue weighted by atomic mass is 35.5. The summed E-state index contributed by atoms with van der Waals surface area (Å²) >= 11 is 6.28. The van der Waals surface area contributed by atoms with Crippen LogP contribution in [0.15, 0.2) is 70.6 Å². The normalized spacial score (nSPS) is 18.2. The molecule has 1 fully saturated rings. The second-order valence-electron chi connectivity index (χ2n) is 12.1. The van der Waals surface area contributed by atoms with Crippen molar-refractivity contribution in [3.63, 3.8) is 0 Å². The van der Waals surface area contributed by atoms with Crippen LogP contribution >= 0.6 is 11.6 Å². The Hall–Kier alpha value is -4.42. The first-order chi connectivity index (χ1) is 22.5. The van der Waals surface area contributed by atoms with Crippen molar-refractivity contribution in [1.29, 1.82) is 0 Å². The number of para-hydroxylation sites is 2. The number of halogens is 1.